The van der Waals surface area contributed by atoms with Gasteiger partial charge in [-0.3, -0.25) is 4.79 Å². The molecule has 1 aliphatic heterocycles. The summed E-state index contributed by atoms with van der Waals surface area (Å²) in [7, 11) is 1.46. The van der Waals surface area contributed by atoms with Gasteiger partial charge in [-0.05, 0) is 54.8 Å². The fraction of sp³-hybridized carbons (Fsp3) is 0.346. The van der Waals surface area contributed by atoms with Gasteiger partial charge in [0.05, 0.1) is 7.11 Å². The maximum atomic E-state index is 13.7. The second-order valence-corrected chi connectivity index (χ2v) is 7.92. The van der Waals surface area contributed by atoms with Gasteiger partial charge < -0.3 is 19.7 Å². The van der Waals surface area contributed by atoms with Crippen LogP contribution in [-0.2, 0) is 4.79 Å². The highest BCUT2D eigenvalue weighted by molar-refractivity contribution is 5.94. The van der Waals surface area contributed by atoms with E-state index < -0.39 is 0 Å². The number of allylic oxidation sites excluding steroid dienone is 1. The summed E-state index contributed by atoms with van der Waals surface area (Å²) in [5, 5.41) is 3.41. The van der Waals surface area contributed by atoms with Gasteiger partial charge in [0.25, 0.3) is 0 Å². The summed E-state index contributed by atoms with van der Waals surface area (Å²) in [4.78, 5) is 14.8. The molecule has 0 amide bonds. The molecule has 0 aromatic heterocycles. The average molecular weight is 439 g/mol. The normalized spacial score (nSPS) is 16.2. The standard InChI is InChI=1S/C26H31FN2O3/c1-5-14-32-25-11-7-20(18(2)19(25)3)6-9-23(30)15-21-17-29(13-12-28-21)22-8-10-24(27)26(16-22)31-4/h5-11,16,21,28H,1,12-15,17H2,2-4H3/b9-6+. The van der Waals surface area contributed by atoms with Gasteiger partial charge in [0.1, 0.15) is 12.4 Å². The number of carbonyl (C=O) groups is 1. The van der Waals surface area contributed by atoms with Gasteiger partial charge in [0, 0.05) is 43.9 Å². The molecule has 1 N–H and O–H groups in total. The third-order valence-corrected chi connectivity index (χ3v) is 5.79. The first-order chi connectivity index (χ1) is 15.4. The molecule has 0 radical (unpaired) electrons. The minimum atomic E-state index is -0.380. The van der Waals surface area contributed by atoms with Crippen LogP contribution in [0.25, 0.3) is 6.08 Å². The Kier molecular flexibility index (Phi) is 8.06. The Morgan fingerprint density at radius 2 is 2.06 bits per heavy atom. The van der Waals surface area contributed by atoms with Crippen LogP contribution in [0.2, 0.25) is 0 Å². The van der Waals surface area contributed by atoms with Crippen molar-refractivity contribution < 1.29 is 18.7 Å². The van der Waals surface area contributed by atoms with Crippen molar-refractivity contribution in [2.24, 2.45) is 0 Å². The summed E-state index contributed by atoms with van der Waals surface area (Å²) in [5.41, 5.74) is 4.03. The van der Waals surface area contributed by atoms with E-state index in [1.807, 2.05) is 32.1 Å². The molecule has 1 fully saturated rings. The molecular formula is C26H31FN2O3. The molecule has 1 saturated heterocycles. The van der Waals surface area contributed by atoms with Crippen LogP contribution >= 0.6 is 0 Å². The SMILES string of the molecule is C=CCOc1ccc(/C=C/C(=O)CC2CN(c3ccc(F)c(OC)c3)CCN2)c(C)c1C. The van der Waals surface area contributed by atoms with Crippen molar-refractivity contribution in [2.75, 3.05) is 38.3 Å². The van der Waals surface area contributed by atoms with Crippen LogP contribution in [0.4, 0.5) is 10.1 Å². The molecule has 6 heteroatoms. The molecular weight excluding hydrogens is 407 g/mol. The van der Waals surface area contributed by atoms with Crippen LogP contribution in [0.1, 0.15) is 23.1 Å². The fourth-order valence-electron chi connectivity index (χ4n) is 3.84. The number of hydrogen-bond acceptors (Lipinski definition) is 5. The molecule has 5 nitrogen and oxygen atoms in total. The first-order valence-electron chi connectivity index (χ1n) is 10.8. The highest BCUT2D eigenvalue weighted by Gasteiger charge is 2.22. The van der Waals surface area contributed by atoms with Crippen molar-refractivity contribution >= 4 is 17.5 Å². The maximum Gasteiger partial charge on any atom is 0.165 e. The number of ether oxygens (including phenoxy) is 2. The summed E-state index contributed by atoms with van der Waals surface area (Å²) >= 11 is 0. The largest absolute Gasteiger partial charge is 0.494 e. The molecule has 32 heavy (non-hydrogen) atoms. The highest BCUT2D eigenvalue weighted by Crippen LogP contribution is 2.26. The van der Waals surface area contributed by atoms with Crippen molar-refractivity contribution in [2.45, 2.75) is 26.3 Å². The van der Waals surface area contributed by atoms with E-state index >= 15 is 0 Å². The Bertz CT molecular complexity index is 1000. The Hall–Kier alpha value is -3.12. The number of halogens is 1. The van der Waals surface area contributed by atoms with Crippen LogP contribution in [0.15, 0.2) is 49.1 Å². The van der Waals surface area contributed by atoms with Crippen LogP contribution in [0.5, 0.6) is 11.5 Å². The lowest BCUT2D eigenvalue weighted by Gasteiger charge is -2.35. The molecule has 3 rings (SSSR count). The minimum Gasteiger partial charge on any atom is -0.494 e. The molecule has 0 bridgehead atoms. The zero-order chi connectivity index (χ0) is 23.1. The van der Waals surface area contributed by atoms with E-state index in [0.29, 0.717) is 19.6 Å². The molecule has 0 aliphatic carbocycles. The molecule has 1 aliphatic rings. The summed E-state index contributed by atoms with van der Waals surface area (Å²) < 4.78 is 24.5. The van der Waals surface area contributed by atoms with E-state index in [1.54, 1.807) is 24.3 Å². The lowest BCUT2D eigenvalue weighted by Crippen LogP contribution is -2.51. The molecule has 0 spiro atoms. The zero-order valence-corrected chi connectivity index (χ0v) is 19.0. The fourth-order valence-corrected chi connectivity index (χ4v) is 3.84. The van der Waals surface area contributed by atoms with E-state index in [0.717, 1.165) is 41.2 Å². The summed E-state index contributed by atoms with van der Waals surface area (Å²) in [6, 6.07) is 8.77. The Morgan fingerprint density at radius 3 is 2.81 bits per heavy atom. The van der Waals surface area contributed by atoms with Crippen LogP contribution in [0.3, 0.4) is 0 Å². The Labute approximate surface area is 189 Å². The van der Waals surface area contributed by atoms with Gasteiger partial charge in [-0.2, -0.15) is 0 Å². The Morgan fingerprint density at radius 1 is 1.25 bits per heavy atom. The monoisotopic (exact) mass is 438 g/mol. The van der Waals surface area contributed by atoms with Gasteiger partial charge in [0.2, 0.25) is 0 Å². The smallest absolute Gasteiger partial charge is 0.165 e. The van der Waals surface area contributed by atoms with Gasteiger partial charge in [-0.1, -0.05) is 24.8 Å². The van der Waals surface area contributed by atoms with E-state index in [9.17, 15) is 9.18 Å². The van der Waals surface area contributed by atoms with E-state index in [2.05, 4.69) is 16.8 Å². The van der Waals surface area contributed by atoms with Crippen molar-refractivity contribution in [3.05, 3.63) is 71.6 Å². The van der Waals surface area contributed by atoms with Gasteiger partial charge >= 0.3 is 0 Å². The number of ketones is 1. The highest BCUT2D eigenvalue weighted by atomic mass is 19.1. The molecule has 2 aromatic carbocycles. The minimum absolute atomic E-state index is 0.0226. The number of nitrogens with zero attached hydrogens (tertiary/aromatic N) is 1. The number of anilines is 1. The van der Waals surface area contributed by atoms with Gasteiger partial charge in [-0.25, -0.2) is 4.39 Å². The second-order valence-electron chi connectivity index (χ2n) is 7.92. The number of nitrogens with one attached hydrogen (secondary N) is 1. The molecule has 1 unspecified atom stereocenters. The quantitative estimate of drug-likeness (QED) is 0.463. The van der Waals surface area contributed by atoms with Gasteiger partial charge in [0.15, 0.2) is 17.3 Å². The lowest BCUT2D eigenvalue weighted by atomic mass is 10.0. The van der Waals surface area contributed by atoms with E-state index in [-0.39, 0.29) is 23.4 Å². The molecule has 2 aromatic rings. The van der Waals surface area contributed by atoms with Crippen molar-refractivity contribution in [1.29, 1.82) is 0 Å². The number of hydrogen-bond donors (Lipinski definition) is 1. The molecule has 1 atom stereocenters. The van der Waals surface area contributed by atoms with Crippen LogP contribution in [-0.4, -0.2) is 45.2 Å². The zero-order valence-electron chi connectivity index (χ0n) is 19.0. The predicted molar refractivity (Wildman–Crippen MR) is 127 cm³/mol. The summed E-state index contributed by atoms with van der Waals surface area (Å²) in [6.45, 7) is 10.4. The first kappa shape index (κ1) is 23.5. The van der Waals surface area contributed by atoms with E-state index in [4.69, 9.17) is 9.47 Å². The van der Waals surface area contributed by atoms with E-state index in [1.165, 1.54) is 13.2 Å². The average Bonchev–Trinajstić information content (AvgIpc) is 2.80. The Balaban J connectivity index is 1.61. The van der Waals surface area contributed by atoms with Crippen LogP contribution in [0, 0.1) is 19.7 Å². The predicted octanol–water partition coefficient (Wildman–Crippen LogP) is 4.47. The topological polar surface area (TPSA) is 50.8 Å². The number of methoxy groups -OCH3 is 1. The van der Waals surface area contributed by atoms with Gasteiger partial charge in [-0.15, -0.1) is 0 Å². The number of piperazine rings is 1. The van der Waals surface area contributed by atoms with Crippen LogP contribution < -0.4 is 19.7 Å². The number of rotatable bonds is 9. The third-order valence-electron chi connectivity index (χ3n) is 5.79. The third kappa shape index (κ3) is 5.77. The van der Waals surface area contributed by atoms with Crippen molar-refractivity contribution in [3.8, 4) is 11.5 Å². The molecule has 170 valence electrons. The first-order valence-corrected chi connectivity index (χ1v) is 10.8. The maximum absolute atomic E-state index is 13.7. The number of carbonyl (C=O) groups excluding carboxylic acids is 1. The lowest BCUT2D eigenvalue weighted by molar-refractivity contribution is -0.115. The molecule has 0 saturated carbocycles. The number of benzene rings is 2. The summed E-state index contributed by atoms with van der Waals surface area (Å²) in [6.07, 6.45) is 5.62. The summed E-state index contributed by atoms with van der Waals surface area (Å²) in [5.74, 6) is 0.733. The second kappa shape index (κ2) is 11.0. The van der Waals surface area contributed by atoms with Crippen molar-refractivity contribution in [3.63, 3.8) is 0 Å². The van der Waals surface area contributed by atoms with Crippen molar-refractivity contribution in [1.82, 2.24) is 5.32 Å². The molecule has 1 heterocycles.